The lowest BCUT2D eigenvalue weighted by molar-refractivity contribution is -0.134. The fourth-order valence-corrected chi connectivity index (χ4v) is 3.19. The smallest absolute Gasteiger partial charge is 0.410 e. The Balaban J connectivity index is 2.66. The van der Waals surface area contributed by atoms with Gasteiger partial charge in [-0.05, 0) is 27.2 Å². The number of carboxylic acids is 1. The van der Waals surface area contributed by atoms with Crippen molar-refractivity contribution >= 4 is 22.1 Å². The van der Waals surface area contributed by atoms with Gasteiger partial charge in [0.1, 0.15) is 5.60 Å². The van der Waals surface area contributed by atoms with Crippen molar-refractivity contribution in [2.45, 2.75) is 32.8 Å². The van der Waals surface area contributed by atoms with Gasteiger partial charge in [0.15, 0.2) is 5.75 Å². The maximum atomic E-state index is 11.9. The van der Waals surface area contributed by atoms with Crippen molar-refractivity contribution < 1.29 is 27.9 Å². The van der Waals surface area contributed by atoms with Gasteiger partial charge in [-0.15, -0.1) is 0 Å². The zero-order valence-corrected chi connectivity index (χ0v) is 13.4. The van der Waals surface area contributed by atoms with Gasteiger partial charge in [0.25, 0.3) is 0 Å². The van der Waals surface area contributed by atoms with Crippen LogP contribution in [0.2, 0.25) is 0 Å². The molecule has 1 fully saturated rings. The molecule has 0 aromatic rings. The van der Waals surface area contributed by atoms with Crippen LogP contribution >= 0.6 is 0 Å². The Morgan fingerprint density at radius 2 is 1.76 bits per heavy atom. The Labute approximate surface area is 124 Å². The SMILES string of the molecule is CC(C)(C)OC(=O)N1CCCN(S(=O)(=O)CC(=O)O)CC1. The van der Waals surface area contributed by atoms with Crippen LogP contribution in [0.3, 0.4) is 0 Å². The van der Waals surface area contributed by atoms with Crippen LogP contribution in [-0.4, -0.2) is 72.3 Å². The van der Waals surface area contributed by atoms with Gasteiger partial charge in [-0.25, -0.2) is 13.2 Å². The van der Waals surface area contributed by atoms with E-state index in [4.69, 9.17) is 9.84 Å². The molecule has 0 radical (unpaired) electrons. The van der Waals surface area contributed by atoms with Crippen LogP contribution in [0.4, 0.5) is 4.79 Å². The molecule has 1 rings (SSSR count). The molecule has 1 N–H and O–H groups in total. The lowest BCUT2D eigenvalue weighted by atomic mass is 10.2. The molecule has 0 bridgehead atoms. The first-order valence-electron chi connectivity index (χ1n) is 6.69. The number of carbonyl (C=O) groups is 2. The Morgan fingerprint density at radius 1 is 1.14 bits per heavy atom. The highest BCUT2D eigenvalue weighted by molar-refractivity contribution is 7.89. The zero-order valence-electron chi connectivity index (χ0n) is 12.5. The molecule has 1 saturated heterocycles. The number of carboxylic acid groups (broad SMARTS) is 1. The first kappa shape index (κ1) is 17.7. The molecule has 0 aromatic carbocycles. The first-order valence-corrected chi connectivity index (χ1v) is 8.30. The third-order valence-corrected chi connectivity index (χ3v) is 4.57. The highest BCUT2D eigenvalue weighted by Gasteiger charge is 2.30. The molecule has 0 unspecified atom stereocenters. The Kier molecular flexibility index (Phi) is 5.57. The molecule has 122 valence electrons. The third kappa shape index (κ3) is 5.88. The highest BCUT2D eigenvalue weighted by atomic mass is 32.2. The van der Waals surface area contributed by atoms with Gasteiger partial charge in [0.2, 0.25) is 10.0 Å². The van der Waals surface area contributed by atoms with E-state index in [1.165, 1.54) is 4.90 Å². The first-order chi connectivity index (χ1) is 9.51. The van der Waals surface area contributed by atoms with E-state index in [0.29, 0.717) is 13.0 Å². The fraction of sp³-hybridized carbons (Fsp3) is 0.833. The van der Waals surface area contributed by atoms with E-state index in [9.17, 15) is 18.0 Å². The monoisotopic (exact) mass is 322 g/mol. The van der Waals surface area contributed by atoms with E-state index in [-0.39, 0.29) is 19.6 Å². The van der Waals surface area contributed by atoms with Crippen molar-refractivity contribution in [1.29, 1.82) is 0 Å². The molecule has 1 aliphatic heterocycles. The van der Waals surface area contributed by atoms with E-state index < -0.39 is 33.4 Å². The summed E-state index contributed by atoms with van der Waals surface area (Å²) in [6, 6.07) is 0. The highest BCUT2D eigenvalue weighted by Crippen LogP contribution is 2.13. The number of sulfonamides is 1. The third-order valence-electron chi connectivity index (χ3n) is 2.81. The molecule has 1 aliphatic rings. The summed E-state index contributed by atoms with van der Waals surface area (Å²) < 4.78 is 30.1. The second kappa shape index (κ2) is 6.61. The Bertz CT molecular complexity index is 496. The zero-order chi connectivity index (χ0) is 16.3. The summed E-state index contributed by atoms with van der Waals surface area (Å²) in [4.78, 5) is 24.0. The number of carbonyl (C=O) groups excluding carboxylic acids is 1. The summed E-state index contributed by atoms with van der Waals surface area (Å²) in [6.07, 6.45) is -0.0436. The minimum Gasteiger partial charge on any atom is -0.480 e. The average molecular weight is 322 g/mol. The fourth-order valence-electron chi connectivity index (χ4n) is 1.93. The number of rotatable bonds is 3. The predicted molar refractivity (Wildman–Crippen MR) is 75.4 cm³/mol. The van der Waals surface area contributed by atoms with E-state index in [1.54, 1.807) is 20.8 Å². The summed E-state index contributed by atoms with van der Waals surface area (Å²) >= 11 is 0. The molecular weight excluding hydrogens is 300 g/mol. The molecule has 0 saturated carbocycles. The van der Waals surface area contributed by atoms with E-state index >= 15 is 0 Å². The maximum Gasteiger partial charge on any atom is 0.410 e. The van der Waals surface area contributed by atoms with Crippen LogP contribution in [-0.2, 0) is 19.6 Å². The lowest BCUT2D eigenvalue weighted by Gasteiger charge is -2.26. The average Bonchev–Trinajstić information content (AvgIpc) is 2.50. The second-order valence-electron chi connectivity index (χ2n) is 5.87. The maximum absolute atomic E-state index is 11.9. The largest absolute Gasteiger partial charge is 0.480 e. The molecule has 0 atom stereocenters. The van der Waals surface area contributed by atoms with Crippen LogP contribution in [0.25, 0.3) is 0 Å². The van der Waals surface area contributed by atoms with Crippen molar-refractivity contribution in [2.24, 2.45) is 0 Å². The molecule has 1 heterocycles. The van der Waals surface area contributed by atoms with Crippen molar-refractivity contribution in [3.8, 4) is 0 Å². The van der Waals surface area contributed by atoms with Gasteiger partial charge >= 0.3 is 12.1 Å². The van der Waals surface area contributed by atoms with Crippen LogP contribution in [0.1, 0.15) is 27.2 Å². The number of hydrogen-bond acceptors (Lipinski definition) is 5. The molecule has 1 amide bonds. The molecule has 8 nitrogen and oxygen atoms in total. The Hall–Kier alpha value is -1.35. The predicted octanol–water partition coefficient (Wildman–Crippen LogP) is 0.344. The van der Waals surface area contributed by atoms with Crippen molar-refractivity contribution in [3.05, 3.63) is 0 Å². The Morgan fingerprint density at radius 3 is 2.29 bits per heavy atom. The van der Waals surface area contributed by atoms with Gasteiger partial charge in [-0.2, -0.15) is 4.31 Å². The van der Waals surface area contributed by atoms with E-state index in [1.807, 2.05) is 0 Å². The minimum absolute atomic E-state index is 0.0782. The number of aliphatic carboxylic acids is 1. The summed E-state index contributed by atoms with van der Waals surface area (Å²) in [5.74, 6) is -2.32. The summed E-state index contributed by atoms with van der Waals surface area (Å²) in [5.41, 5.74) is -0.613. The molecule has 21 heavy (non-hydrogen) atoms. The van der Waals surface area contributed by atoms with Crippen LogP contribution < -0.4 is 0 Å². The van der Waals surface area contributed by atoms with Crippen LogP contribution in [0, 0.1) is 0 Å². The number of hydrogen-bond donors (Lipinski definition) is 1. The number of amides is 1. The molecule has 9 heteroatoms. The molecule has 0 spiro atoms. The molecule has 0 aliphatic carbocycles. The standard InChI is InChI=1S/C12H22N2O6S/c1-12(2,3)20-11(17)13-5-4-6-14(8-7-13)21(18,19)9-10(15)16/h4-9H2,1-3H3,(H,15,16). The second-order valence-corrected chi connectivity index (χ2v) is 7.84. The van der Waals surface area contributed by atoms with E-state index in [2.05, 4.69) is 0 Å². The van der Waals surface area contributed by atoms with Crippen molar-refractivity contribution in [1.82, 2.24) is 9.21 Å². The lowest BCUT2D eigenvalue weighted by Crippen LogP contribution is -2.41. The minimum atomic E-state index is -3.84. The molecule has 0 aromatic heterocycles. The molecular formula is C12H22N2O6S. The van der Waals surface area contributed by atoms with Gasteiger partial charge < -0.3 is 14.7 Å². The van der Waals surface area contributed by atoms with Crippen LogP contribution in [0.5, 0.6) is 0 Å². The van der Waals surface area contributed by atoms with Gasteiger partial charge in [-0.3, -0.25) is 4.79 Å². The summed E-state index contributed by atoms with van der Waals surface area (Å²) in [7, 11) is -3.84. The normalized spacial score (nSPS) is 18.1. The topological polar surface area (TPSA) is 104 Å². The summed E-state index contributed by atoms with van der Waals surface area (Å²) in [6.45, 7) is 6.12. The van der Waals surface area contributed by atoms with Gasteiger partial charge in [0, 0.05) is 26.2 Å². The number of nitrogens with zero attached hydrogens (tertiary/aromatic N) is 2. The summed E-state index contributed by atoms with van der Waals surface area (Å²) in [5, 5.41) is 8.63. The van der Waals surface area contributed by atoms with Crippen molar-refractivity contribution in [2.75, 3.05) is 31.9 Å². The number of ether oxygens (including phenoxy) is 1. The van der Waals surface area contributed by atoms with Crippen LogP contribution in [0.15, 0.2) is 0 Å². The van der Waals surface area contributed by atoms with Gasteiger partial charge in [0.05, 0.1) is 0 Å². The van der Waals surface area contributed by atoms with E-state index in [0.717, 1.165) is 4.31 Å². The van der Waals surface area contributed by atoms with Crippen molar-refractivity contribution in [3.63, 3.8) is 0 Å². The van der Waals surface area contributed by atoms with Gasteiger partial charge in [-0.1, -0.05) is 0 Å². The quantitative estimate of drug-likeness (QED) is 0.803.